The van der Waals surface area contributed by atoms with Crippen LogP contribution in [0.5, 0.6) is 0 Å². The van der Waals surface area contributed by atoms with Crippen LogP contribution < -0.4 is 10.6 Å². The first-order chi connectivity index (χ1) is 6.88. The highest BCUT2D eigenvalue weighted by Crippen LogP contribution is 1.91. The molecule has 2 N–H and O–H groups in total. The fraction of sp³-hybridized carbons (Fsp3) is 0.800. The molecule has 2 atom stereocenters. The molecule has 0 saturated heterocycles. The Labute approximate surface area is 90.6 Å². The zero-order chi connectivity index (χ0) is 12.0. The van der Waals surface area contributed by atoms with Gasteiger partial charge in [-0.2, -0.15) is 0 Å². The van der Waals surface area contributed by atoms with Gasteiger partial charge >= 0.3 is 5.97 Å². The Hall–Kier alpha value is -1.10. The van der Waals surface area contributed by atoms with E-state index in [1.165, 1.54) is 7.11 Å². The van der Waals surface area contributed by atoms with Crippen molar-refractivity contribution in [2.75, 3.05) is 7.11 Å². The van der Waals surface area contributed by atoms with Crippen LogP contribution in [0.3, 0.4) is 0 Å². The van der Waals surface area contributed by atoms with Gasteiger partial charge in [0.05, 0.1) is 13.2 Å². The third-order valence-electron chi connectivity index (χ3n) is 1.88. The smallest absolute Gasteiger partial charge is 0.322 e. The molecule has 0 bridgehead atoms. The van der Waals surface area contributed by atoms with Gasteiger partial charge in [-0.3, -0.25) is 14.9 Å². The fourth-order valence-electron chi connectivity index (χ4n) is 1.11. The maximum atomic E-state index is 11.5. The standard InChI is InChI=1S/C10H20N2O3/c1-6(2)11-9(13)7(3)12-8(4)10(14)15-5/h6-8,12H,1-5H3,(H,11,13). The minimum Gasteiger partial charge on any atom is -0.468 e. The van der Waals surface area contributed by atoms with Gasteiger partial charge in [-0.25, -0.2) is 0 Å². The predicted molar refractivity (Wildman–Crippen MR) is 57.4 cm³/mol. The zero-order valence-corrected chi connectivity index (χ0v) is 9.96. The lowest BCUT2D eigenvalue weighted by molar-refractivity contribution is -0.143. The first-order valence-corrected chi connectivity index (χ1v) is 5.02. The van der Waals surface area contributed by atoms with Crippen molar-refractivity contribution in [3.63, 3.8) is 0 Å². The summed E-state index contributed by atoms with van der Waals surface area (Å²) in [5.74, 6) is -0.500. The molecule has 15 heavy (non-hydrogen) atoms. The lowest BCUT2D eigenvalue weighted by Gasteiger charge is -2.19. The lowest BCUT2D eigenvalue weighted by atomic mass is 10.2. The van der Waals surface area contributed by atoms with E-state index in [9.17, 15) is 9.59 Å². The van der Waals surface area contributed by atoms with Crippen LogP contribution in [0.2, 0.25) is 0 Å². The molecule has 0 aliphatic rings. The zero-order valence-electron chi connectivity index (χ0n) is 9.96. The summed E-state index contributed by atoms with van der Waals surface area (Å²) in [7, 11) is 1.32. The molecule has 0 aliphatic carbocycles. The van der Waals surface area contributed by atoms with E-state index in [0.29, 0.717) is 0 Å². The molecule has 0 spiro atoms. The summed E-state index contributed by atoms with van der Waals surface area (Å²) < 4.78 is 4.54. The van der Waals surface area contributed by atoms with Gasteiger partial charge in [-0.1, -0.05) is 0 Å². The molecule has 0 heterocycles. The van der Waals surface area contributed by atoms with Crippen molar-refractivity contribution in [1.82, 2.24) is 10.6 Å². The van der Waals surface area contributed by atoms with E-state index in [1.807, 2.05) is 13.8 Å². The number of rotatable bonds is 5. The van der Waals surface area contributed by atoms with Crippen LogP contribution in [0.25, 0.3) is 0 Å². The second-order valence-electron chi connectivity index (χ2n) is 3.80. The molecule has 5 heteroatoms. The molecule has 0 rings (SSSR count). The number of carbonyl (C=O) groups is 2. The summed E-state index contributed by atoms with van der Waals surface area (Å²) in [4.78, 5) is 22.5. The molecule has 0 fully saturated rings. The summed E-state index contributed by atoms with van der Waals surface area (Å²) >= 11 is 0. The van der Waals surface area contributed by atoms with Gasteiger partial charge < -0.3 is 10.1 Å². The monoisotopic (exact) mass is 216 g/mol. The van der Waals surface area contributed by atoms with Crippen LogP contribution in [0.15, 0.2) is 0 Å². The highest BCUT2D eigenvalue weighted by atomic mass is 16.5. The van der Waals surface area contributed by atoms with Crippen molar-refractivity contribution in [3.05, 3.63) is 0 Å². The number of amides is 1. The Morgan fingerprint density at radius 3 is 2.00 bits per heavy atom. The summed E-state index contributed by atoms with van der Waals surface area (Å²) in [6, 6.07) is -0.806. The molecule has 88 valence electrons. The maximum Gasteiger partial charge on any atom is 0.322 e. The second kappa shape index (κ2) is 6.40. The van der Waals surface area contributed by atoms with Crippen LogP contribution in [0, 0.1) is 0 Å². The average Bonchev–Trinajstić information content (AvgIpc) is 2.15. The molecule has 0 radical (unpaired) electrons. The summed E-state index contributed by atoms with van der Waals surface area (Å²) in [5.41, 5.74) is 0. The first-order valence-electron chi connectivity index (χ1n) is 5.02. The predicted octanol–water partition coefficient (Wildman–Crippen LogP) is 0.0506. The Morgan fingerprint density at radius 1 is 1.07 bits per heavy atom. The topological polar surface area (TPSA) is 67.4 Å². The molecule has 0 aromatic carbocycles. The van der Waals surface area contributed by atoms with Gasteiger partial charge in [0.1, 0.15) is 6.04 Å². The number of hydrogen-bond acceptors (Lipinski definition) is 4. The molecule has 0 aromatic heterocycles. The van der Waals surface area contributed by atoms with Crippen molar-refractivity contribution in [2.24, 2.45) is 0 Å². The van der Waals surface area contributed by atoms with E-state index in [1.54, 1.807) is 13.8 Å². The number of carbonyl (C=O) groups excluding carboxylic acids is 2. The summed E-state index contributed by atoms with van der Waals surface area (Å²) in [6.45, 7) is 7.13. The Kier molecular flexibility index (Phi) is 5.93. The van der Waals surface area contributed by atoms with Gasteiger partial charge in [0.25, 0.3) is 0 Å². The van der Waals surface area contributed by atoms with Crippen molar-refractivity contribution in [2.45, 2.75) is 45.8 Å². The van der Waals surface area contributed by atoms with Crippen molar-refractivity contribution < 1.29 is 14.3 Å². The van der Waals surface area contributed by atoms with Gasteiger partial charge in [-0.05, 0) is 27.7 Å². The third kappa shape index (κ3) is 5.37. The average molecular weight is 216 g/mol. The van der Waals surface area contributed by atoms with Gasteiger partial charge in [0.2, 0.25) is 5.91 Å². The number of esters is 1. The van der Waals surface area contributed by atoms with Crippen molar-refractivity contribution >= 4 is 11.9 Å². The highest BCUT2D eigenvalue weighted by molar-refractivity contribution is 5.83. The molecule has 1 amide bonds. The van der Waals surface area contributed by atoms with Gasteiger partial charge in [0.15, 0.2) is 0 Å². The normalized spacial score (nSPS) is 14.5. The van der Waals surface area contributed by atoms with E-state index in [4.69, 9.17) is 0 Å². The van der Waals surface area contributed by atoms with E-state index in [2.05, 4.69) is 15.4 Å². The van der Waals surface area contributed by atoms with E-state index >= 15 is 0 Å². The van der Waals surface area contributed by atoms with Crippen LogP contribution in [-0.4, -0.2) is 37.1 Å². The minimum atomic E-state index is -0.483. The SMILES string of the molecule is COC(=O)C(C)NC(C)C(=O)NC(C)C. The van der Waals surface area contributed by atoms with Crippen LogP contribution in [0.1, 0.15) is 27.7 Å². The summed E-state index contributed by atoms with van der Waals surface area (Å²) in [5, 5.41) is 5.60. The van der Waals surface area contributed by atoms with Crippen molar-refractivity contribution in [3.8, 4) is 0 Å². The molecule has 2 unspecified atom stereocenters. The molecule has 5 nitrogen and oxygen atoms in total. The molecule has 0 aliphatic heterocycles. The fourth-order valence-corrected chi connectivity index (χ4v) is 1.11. The summed E-state index contributed by atoms with van der Waals surface area (Å²) in [6.07, 6.45) is 0. The Bertz CT molecular complexity index is 229. The molecular weight excluding hydrogens is 196 g/mol. The highest BCUT2D eigenvalue weighted by Gasteiger charge is 2.20. The minimum absolute atomic E-state index is 0.0928. The Balaban J connectivity index is 4.06. The maximum absolute atomic E-state index is 11.5. The van der Waals surface area contributed by atoms with Gasteiger partial charge in [-0.15, -0.1) is 0 Å². The number of nitrogens with one attached hydrogen (secondary N) is 2. The first kappa shape index (κ1) is 13.9. The van der Waals surface area contributed by atoms with E-state index < -0.39 is 12.1 Å². The quantitative estimate of drug-likeness (QED) is 0.637. The number of ether oxygens (including phenoxy) is 1. The van der Waals surface area contributed by atoms with Gasteiger partial charge in [0, 0.05) is 6.04 Å². The largest absolute Gasteiger partial charge is 0.468 e. The van der Waals surface area contributed by atoms with Crippen molar-refractivity contribution in [1.29, 1.82) is 0 Å². The van der Waals surface area contributed by atoms with Crippen LogP contribution >= 0.6 is 0 Å². The number of hydrogen-bond donors (Lipinski definition) is 2. The molecule has 0 saturated carbocycles. The Morgan fingerprint density at radius 2 is 1.60 bits per heavy atom. The van der Waals surface area contributed by atoms with E-state index in [-0.39, 0.29) is 17.9 Å². The van der Waals surface area contributed by atoms with E-state index in [0.717, 1.165) is 0 Å². The van der Waals surface area contributed by atoms with Crippen LogP contribution in [0.4, 0.5) is 0 Å². The number of methoxy groups -OCH3 is 1. The second-order valence-corrected chi connectivity index (χ2v) is 3.80. The molecule has 0 aromatic rings. The lowest BCUT2D eigenvalue weighted by Crippen LogP contribution is -2.49. The van der Waals surface area contributed by atoms with Crippen LogP contribution in [-0.2, 0) is 14.3 Å². The molecular formula is C10H20N2O3. The third-order valence-corrected chi connectivity index (χ3v) is 1.88.